The van der Waals surface area contributed by atoms with Crippen LogP contribution in [-0.4, -0.2) is 81.7 Å². The Balaban J connectivity index is 1.24. The highest BCUT2D eigenvalue weighted by molar-refractivity contribution is 5.71. The zero-order valence-electron chi connectivity index (χ0n) is 33.5. The van der Waals surface area contributed by atoms with E-state index >= 15 is 0 Å². The van der Waals surface area contributed by atoms with E-state index in [1.54, 1.807) is 4.90 Å². The summed E-state index contributed by atoms with van der Waals surface area (Å²) >= 11 is 0. The molecule has 0 spiro atoms. The number of hydrogen-bond donors (Lipinski definition) is 3. The van der Waals surface area contributed by atoms with Gasteiger partial charge in [0, 0.05) is 6.54 Å². The van der Waals surface area contributed by atoms with Crippen molar-refractivity contribution in [3.05, 3.63) is 108 Å². The van der Waals surface area contributed by atoms with Gasteiger partial charge in [-0.05, 0) is 36.0 Å². The van der Waals surface area contributed by atoms with E-state index in [0.717, 1.165) is 36.0 Å². The summed E-state index contributed by atoms with van der Waals surface area (Å²) in [5.41, 5.74) is 2.89. The van der Waals surface area contributed by atoms with Crippen molar-refractivity contribution >= 4 is 6.09 Å². The van der Waals surface area contributed by atoms with E-state index in [9.17, 15) is 20.1 Å². The average Bonchev–Trinajstić information content (AvgIpc) is 3.54. The summed E-state index contributed by atoms with van der Waals surface area (Å²) in [6.45, 7) is 2.75. The summed E-state index contributed by atoms with van der Waals surface area (Å²) in [6, 6.07) is 29.0. The average molecular weight is 774 g/mol. The van der Waals surface area contributed by atoms with Gasteiger partial charge in [-0.25, -0.2) is 4.79 Å². The first kappa shape index (κ1) is 43.8. The maximum absolute atomic E-state index is 13.5. The number of benzene rings is 3. The van der Waals surface area contributed by atoms with Gasteiger partial charge in [-0.1, -0.05) is 175 Å². The molecule has 9 nitrogen and oxygen atoms in total. The Morgan fingerprint density at radius 3 is 1.70 bits per heavy atom. The molecule has 3 N–H and O–H groups in total. The van der Waals surface area contributed by atoms with Crippen LogP contribution in [0.3, 0.4) is 0 Å². The van der Waals surface area contributed by atoms with Crippen LogP contribution in [0, 0.1) is 0 Å². The van der Waals surface area contributed by atoms with Crippen LogP contribution in [0.4, 0.5) is 4.79 Å². The number of aliphatic hydroxyl groups is 3. The SMILES string of the molecule is CCCCCCCCCCCCCC[C@@H](O)[C@H]1OC(=O)N(Cc2ccccc2)[C@H]1CC[C@@H]1OC(CO)[C@H](O)[C@H](OCc2ccccc2)C1OCc1ccccc1. The van der Waals surface area contributed by atoms with Crippen molar-refractivity contribution < 1.29 is 39.1 Å². The van der Waals surface area contributed by atoms with E-state index in [0.29, 0.717) is 25.8 Å². The quantitative estimate of drug-likeness (QED) is 0.0693. The summed E-state index contributed by atoms with van der Waals surface area (Å²) in [5, 5.41) is 33.3. The molecular weight excluding hydrogens is 707 g/mol. The van der Waals surface area contributed by atoms with E-state index in [1.165, 1.54) is 57.8 Å². The third-order valence-corrected chi connectivity index (χ3v) is 11.4. The molecule has 0 saturated carbocycles. The zero-order chi connectivity index (χ0) is 39.4. The molecule has 9 heteroatoms. The predicted molar refractivity (Wildman–Crippen MR) is 219 cm³/mol. The predicted octanol–water partition coefficient (Wildman–Crippen LogP) is 8.90. The van der Waals surface area contributed by atoms with E-state index < -0.39 is 54.9 Å². The number of ether oxygens (including phenoxy) is 4. The summed E-state index contributed by atoms with van der Waals surface area (Å²) < 4.78 is 25.3. The minimum Gasteiger partial charge on any atom is -0.441 e. The minimum atomic E-state index is -1.13. The normalized spacial score (nSPS) is 24.3. The second-order valence-electron chi connectivity index (χ2n) is 15.8. The van der Waals surface area contributed by atoms with E-state index in [-0.39, 0.29) is 19.8 Å². The maximum Gasteiger partial charge on any atom is 0.410 e. The zero-order valence-corrected chi connectivity index (χ0v) is 33.5. The van der Waals surface area contributed by atoms with Gasteiger partial charge in [0.1, 0.15) is 30.5 Å². The third-order valence-electron chi connectivity index (χ3n) is 11.4. The second-order valence-corrected chi connectivity index (χ2v) is 15.8. The lowest BCUT2D eigenvalue weighted by Gasteiger charge is -2.44. The molecule has 0 aliphatic carbocycles. The molecular formula is C47H67NO8. The highest BCUT2D eigenvalue weighted by Crippen LogP contribution is 2.34. The number of nitrogens with zero attached hydrogens (tertiary/aromatic N) is 1. The molecule has 5 rings (SSSR count). The Kier molecular flexibility index (Phi) is 19.1. The molecule has 0 aromatic heterocycles. The molecule has 2 fully saturated rings. The van der Waals surface area contributed by atoms with Gasteiger partial charge < -0.3 is 34.3 Å². The van der Waals surface area contributed by atoms with Gasteiger partial charge >= 0.3 is 6.09 Å². The lowest BCUT2D eigenvalue weighted by Crippen LogP contribution is -2.60. The molecule has 1 amide bonds. The van der Waals surface area contributed by atoms with Gasteiger partial charge in [0.25, 0.3) is 0 Å². The van der Waals surface area contributed by atoms with Crippen molar-refractivity contribution in [3.8, 4) is 0 Å². The lowest BCUT2D eigenvalue weighted by atomic mass is 9.89. The van der Waals surface area contributed by atoms with Crippen LogP contribution in [0.2, 0.25) is 0 Å². The number of hydrogen-bond acceptors (Lipinski definition) is 8. The number of unbranched alkanes of at least 4 members (excludes halogenated alkanes) is 11. The van der Waals surface area contributed by atoms with Crippen molar-refractivity contribution in [2.24, 2.45) is 0 Å². The van der Waals surface area contributed by atoms with Crippen LogP contribution in [0.15, 0.2) is 91.0 Å². The first-order valence-corrected chi connectivity index (χ1v) is 21.4. The Morgan fingerprint density at radius 2 is 1.16 bits per heavy atom. The lowest BCUT2D eigenvalue weighted by molar-refractivity contribution is -0.259. The number of rotatable bonds is 26. The van der Waals surface area contributed by atoms with Crippen LogP contribution in [0.5, 0.6) is 0 Å². The summed E-state index contributed by atoms with van der Waals surface area (Å²) in [7, 11) is 0. The van der Waals surface area contributed by atoms with Crippen LogP contribution in [-0.2, 0) is 38.7 Å². The molecule has 2 heterocycles. The van der Waals surface area contributed by atoms with Crippen LogP contribution in [0.25, 0.3) is 0 Å². The van der Waals surface area contributed by atoms with Crippen LogP contribution < -0.4 is 0 Å². The number of amides is 1. The van der Waals surface area contributed by atoms with Gasteiger partial charge in [0.15, 0.2) is 0 Å². The number of carbonyl (C=O) groups excluding carboxylic acids is 1. The van der Waals surface area contributed by atoms with Crippen molar-refractivity contribution in [2.75, 3.05) is 6.61 Å². The summed E-state index contributed by atoms with van der Waals surface area (Å²) in [4.78, 5) is 15.2. The molecule has 0 radical (unpaired) electrons. The van der Waals surface area contributed by atoms with Gasteiger partial charge in [0.2, 0.25) is 0 Å². The molecule has 2 aliphatic rings. The number of carbonyl (C=O) groups is 1. The fourth-order valence-corrected chi connectivity index (χ4v) is 8.20. The van der Waals surface area contributed by atoms with Crippen molar-refractivity contribution in [1.82, 2.24) is 4.90 Å². The third kappa shape index (κ3) is 13.7. The Morgan fingerprint density at radius 1 is 0.661 bits per heavy atom. The first-order chi connectivity index (χ1) is 27.5. The molecule has 8 atom stereocenters. The highest BCUT2D eigenvalue weighted by atomic mass is 16.6. The molecule has 0 bridgehead atoms. The number of cyclic esters (lactones) is 1. The molecule has 3 aromatic rings. The van der Waals surface area contributed by atoms with Crippen molar-refractivity contribution in [2.45, 2.75) is 172 Å². The van der Waals surface area contributed by atoms with Gasteiger partial charge in [-0.3, -0.25) is 4.90 Å². The number of aliphatic hydroxyl groups excluding tert-OH is 3. The Labute approximate surface area is 335 Å². The van der Waals surface area contributed by atoms with Crippen molar-refractivity contribution in [3.63, 3.8) is 0 Å². The monoisotopic (exact) mass is 773 g/mol. The van der Waals surface area contributed by atoms with E-state index in [2.05, 4.69) is 6.92 Å². The fourth-order valence-electron chi connectivity index (χ4n) is 8.20. The van der Waals surface area contributed by atoms with Crippen LogP contribution in [0.1, 0.15) is 120 Å². The minimum absolute atomic E-state index is 0.252. The van der Waals surface area contributed by atoms with Gasteiger partial charge in [-0.15, -0.1) is 0 Å². The molecule has 3 aromatic carbocycles. The first-order valence-electron chi connectivity index (χ1n) is 21.4. The Bertz CT molecular complexity index is 1480. The summed E-state index contributed by atoms with van der Waals surface area (Å²) in [6.07, 6.45) is 10.3. The fraction of sp³-hybridized carbons (Fsp3) is 0.596. The van der Waals surface area contributed by atoms with E-state index in [1.807, 2.05) is 91.0 Å². The smallest absolute Gasteiger partial charge is 0.410 e. The summed E-state index contributed by atoms with van der Waals surface area (Å²) in [5.74, 6) is 0. The molecule has 56 heavy (non-hydrogen) atoms. The van der Waals surface area contributed by atoms with Gasteiger partial charge in [0.05, 0.1) is 38.1 Å². The van der Waals surface area contributed by atoms with Crippen LogP contribution >= 0.6 is 0 Å². The van der Waals surface area contributed by atoms with Crippen molar-refractivity contribution in [1.29, 1.82) is 0 Å². The second kappa shape index (κ2) is 24.5. The highest BCUT2D eigenvalue weighted by Gasteiger charge is 2.49. The topological polar surface area (TPSA) is 118 Å². The Hall–Kier alpha value is -3.31. The maximum atomic E-state index is 13.5. The molecule has 2 aliphatic heterocycles. The standard InChI is InChI=1S/C47H67NO8/c1-2-3-4-5-6-7-8-9-10-11-12-22-29-40(50)44-39(48(47(52)56-44)32-36-23-16-13-17-24-36)30-31-41-45(53-34-37-25-18-14-19-26-37)46(43(51)42(33-49)55-41)54-35-38-27-20-15-21-28-38/h13-21,23-28,39-46,49-51H,2-12,22,29-35H2,1H3/t39-,40+,41-,42?,43-,44-,45?,46-/m0/s1. The molecule has 308 valence electrons. The van der Waals surface area contributed by atoms with Gasteiger partial charge in [-0.2, -0.15) is 0 Å². The van der Waals surface area contributed by atoms with E-state index in [4.69, 9.17) is 18.9 Å². The largest absolute Gasteiger partial charge is 0.441 e. The molecule has 2 saturated heterocycles. The molecule has 2 unspecified atom stereocenters.